The third kappa shape index (κ3) is 1.63. The topological polar surface area (TPSA) is 97.8 Å². The molecule has 64 valence electrons. The van der Waals surface area contributed by atoms with Crippen molar-refractivity contribution in [1.82, 2.24) is 10.2 Å². The first-order valence-corrected chi connectivity index (χ1v) is 3.27. The summed E-state index contributed by atoms with van der Waals surface area (Å²) in [6, 6.07) is 3.58. The van der Waals surface area contributed by atoms with Crippen LogP contribution < -0.4 is 0 Å². The smallest absolute Gasteiger partial charge is 0.182 e. The van der Waals surface area contributed by atoms with Crippen LogP contribution in [0.5, 0.6) is 0 Å². The largest absolute Gasteiger partial charge is 0.486 e. The Balaban J connectivity index is 3.12. The number of hydrogen-bond acceptors (Lipinski definition) is 5. The Morgan fingerprint density at radius 3 is 2.85 bits per heavy atom. The minimum absolute atomic E-state index is 0.0331. The molecule has 1 heterocycles. The fourth-order valence-corrected chi connectivity index (χ4v) is 0.718. The van der Waals surface area contributed by atoms with Crippen LogP contribution in [0.3, 0.4) is 0 Å². The Morgan fingerprint density at radius 1 is 1.54 bits per heavy atom. The van der Waals surface area contributed by atoms with Crippen molar-refractivity contribution in [3.63, 3.8) is 0 Å². The minimum atomic E-state index is 0.0331. The van der Waals surface area contributed by atoms with Crippen molar-refractivity contribution in [2.75, 3.05) is 7.11 Å². The van der Waals surface area contributed by atoms with Gasteiger partial charge in [0.1, 0.15) is 17.7 Å². The molecule has 0 aliphatic rings. The van der Waals surface area contributed by atoms with Crippen LogP contribution in [0.15, 0.2) is 4.99 Å². The van der Waals surface area contributed by atoms with E-state index in [2.05, 4.69) is 19.9 Å². The molecule has 0 spiro atoms. The van der Waals surface area contributed by atoms with Gasteiger partial charge in [-0.25, -0.2) is 4.99 Å². The Labute approximate surface area is 74.1 Å². The van der Waals surface area contributed by atoms with E-state index in [1.165, 1.54) is 7.11 Å². The van der Waals surface area contributed by atoms with E-state index in [0.29, 0.717) is 0 Å². The minimum Gasteiger partial charge on any atom is -0.486 e. The Kier molecular flexibility index (Phi) is 2.61. The first kappa shape index (κ1) is 8.75. The molecule has 0 aliphatic heterocycles. The molecule has 0 saturated carbocycles. The second kappa shape index (κ2) is 3.88. The van der Waals surface area contributed by atoms with Gasteiger partial charge in [0.25, 0.3) is 0 Å². The number of rotatable bonds is 2. The van der Waals surface area contributed by atoms with Crippen LogP contribution in [-0.2, 0) is 4.74 Å². The summed E-state index contributed by atoms with van der Waals surface area (Å²) in [4.78, 5) is 3.73. The number of nitriles is 2. The molecule has 0 unspecified atom stereocenters. The maximum Gasteiger partial charge on any atom is 0.182 e. The monoisotopic (exact) mass is 175 g/mol. The zero-order valence-corrected chi connectivity index (χ0v) is 6.77. The molecule has 13 heavy (non-hydrogen) atoms. The molecule has 1 aromatic heterocycles. The molecular formula is C7H5N5O. The molecule has 1 aromatic rings. The molecule has 0 fully saturated rings. The maximum atomic E-state index is 8.64. The van der Waals surface area contributed by atoms with E-state index in [0.717, 1.165) is 6.40 Å². The van der Waals surface area contributed by atoms with Gasteiger partial charge in [-0.1, -0.05) is 0 Å². The Morgan fingerprint density at radius 2 is 2.31 bits per heavy atom. The summed E-state index contributed by atoms with van der Waals surface area (Å²) in [5.74, 6) is 0.223. The van der Waals surface area contributed by atoms with Crippen LogP contribution in [0.2, 0.25) is 0 Å². The summed E-state index contributed by atoms with van der Waals surface area (Å²) >= 11 is 0. The Bertz CT molecular complexity index is 405. The third-order valence-corrected chi connectivity index (χ3v) is 1.25. The lowest BCUT2D eigenvalue weighted by Crippen LogP contribution is -1.78. The molecule has 6 nitrogen and oxygen atoms in total. The van der Waals surface area contributed by atoms with Crippen molar-refractivity contribution in [2.24, 2.45) is 4.99 Å². The van der Waals surface area contributed by atoms with Gasteiger partial charge in [0.05, 0.1) is 7.11 Å². The van der Waals surface area contributed by atoms with E-state index >= 15 is 0 Å². The number of ether oxygens (including phenoxy) is 1. The van der Waals surface area contributed by atoms with Gasteiger partial charge in [-0.2, -0.15) is 15.6 Å². The average Bonchev–Trinajstić information content (AvgIpc) is 2.56. The van der Waals surface area contributed by atoms with E-state index in [1.54, 1.807) is 6.07 Å². The molecule has 0 aromatic carbocycles. The van der Waals surface area contributed by atoms with Gasteiger partial charge in [-0.05, 0) is 0 Å². The number of aromatic nitrogens is 2. The molecule has 1 N–H and O–H groups in total. The van der Waals surface area contributed by atoms with Crippen LogP contribution in [0, 0.1) is 22.7 Å². The summed E-state index contributed by atoms with van der Waals surface area (Å²) in [7, 11) is 1.43. The molecule has 6 heteroatoms. The number of hydrogen-bond donors (Lipinski definition) is 1. The van der Waals surface area contributed by atoms with E-state index in [4.69, 9.17) is 10.5 Å². The molecule has 0 radical (unpaired) electrons. The zero-order chi connectivity index (χ0) is 9.68. The SMILES string of the molecule is CO/C=N\c1[nH]nc(C#N)c1C#N. The van der Waals surface area contributed by atoms with Crippen LogP contribution >= 0.6 is 0 Å². The van der Waals surface area contributed by atoms with Gasteiger partial charge in [0.2, 0.25) is 0 Å². The molecule has 1 rings (SSSR count). The highest BCUT2D eigenvalue weighted by Crippen LogP contribution is 2.16. The normalized spacial score (nSPS) is 9.46. The van der Waals surface area contributed by atoms with E-state index < -0.39 is 0 Å². The highest BCUT2D eigenvalue weighted by atomic mass is 16.5. The number of aromatic amines is 1. The van der Waals surface area contributed by atoms with Crippen molar-refractivity contribution in [1.29, 1.82) is 10.5 Å². The number of nitrogens with one attached hydrogen (secondary N) is 1. The Hall–Kier alpha value is -2.34. The van der Waals surface area contributed by atoms with E-state index in [-0.39, 0.29) is 17.1 Å². The molecule has 0 bridgehead atoms. The molecular weight excluding hydrogens is 170 g/mol. The van der Waals surface area contributed by atoms with Crippen molar-refractivity contribution < 1.29 is 4.74 Å². The second-order valence-electron chi connectivity index (χ2n) is 1.99. The molecule has 0 aliphatic carbocycles. The third-order valence-electron chi connectivity index (χ3n) is 1.25. The number of nitrogens with zero attached hydrogens (tertiary/aromatic N) is 4. The highest BCUT2D eigenvalue weighted by molar-refractivity contribution is 5.61. The molecule has 0 saturated heterocycles. The van der Waals surface area contributed by atoms with Gasteiger partial charge in [0, 0.05) is 0 Å². The summed E-state index contributed by atoms with van der Waals surface area (Å²) in [6.07, 6.45) is 1.15. The first-order valence-electron chi connectivity index (χ1n) is 3.27. The van der Waals surface area contributed by atoms with Crippen molar-refractivity contribution in [3.05, 3.63) is 11.3 Å². The van der Waals surface area contributed by atoms with Gasteiger partial charge < -0.3 is 4.74 Å². The van der Waals surface area contributed by atoms with Crippen molar-refractivity contribution in [3.8, 4) is 12.1 Å². The fraction of sp³-hybridized carbons (Fsp3) is 0.143. The van der Waals surface area contributed by atoms with Crippen LogP contribution in [-0.4, -0.2) is 23.7 Å². The number of methoxy groups -OCH3 is 1. The number of H-pyrrole nitrogens is 1. The van der Waals surface area contributed by atoms with Crippen LogP contribution in [0.1, 0.15) is 11.3 Å². The van der Waals surface area contributed by atoms with Crippen LogP contribution in [0.25, 0.3) is 0 Å². The zero-order valence-electron chi connectivity index (χ0n) is 6.77. The maximum absolute atomic E-state index is 8.64. The summed E-state index contributed by atoms with van der Waals surface area (Å²) < 4.78 is 4.56. The summed E-state index contributed by atoms with van der Waals surface area (Å²) in [5, 5.41) is 23.2. The van der Waals surface area contributed by atoms with Gasteiger partial charge in [-0.3, -0.25) is 5.10 Å². The predicted molar refractivity (Wildman–Crippen MR) is 43.2 cm³/mol. The standard InChI is InChI=1S/C7H5N5O/c1-13-4-10-7-5(2-8)6(3-9)11-12-7/h4H,1H3,(H,11,12)/b10-4-. The fourth-order valence-electron chi connectivity index (χ4n) is 0.718. The lowest BCUT2D eigenvalue weighted by Gasteiger charge is -1.86. The highest BCUT2D eigenvalue weighted by Gasteiger charge is 2.10. The van der Waals surface area contributed by atoms with Crippen molar-refractivity contribution >= 4 is 12.2 Å². The van der Waals surface area contributed by atoms with Gasteiger partial charge in [0.15, 0.2) is 17.9 Å². The van der Waals surface area contributed by atoms with Crippen molar-refractivity contribution in [2.45, 2.75) is 0 Å². The molecule has 0 atom stereocenters. The quantitative estimate of drug-likeness (QED) is 0.521. The average molecular weight is 175 g/mol. The lowest BCUT2D eigenvalue weighted by molar-refractivity contribution is 0.423. The first-order chi connectivity index (χ1) is 6.33. The predicted octanol–water partition coefficient (Wildman–Crippen LogP) is 0.459. The van der Waals surface area contributed by atoms with Crippen LogP contribution in [0.4, 0.5) is 5.82 Å². The second-order valence-corrected chi connectivity index (χ2v) is 1.99. The summed E-state index contributed by atoms with van der Waals surface area (Å²) in [6.45, 7) is 0. The van der Waals surface area contributed by atoms with Gasteiger partial charge in [-0.15, -0.1) is 0 Å². The van der Waals surface area contributed by atoms with E-state index in [1.807, 2.05) is 6.07 Å². The lowest BCUT2D eigenvalue weighted by atomic mass is 10.3. The number of aliphatic imine (C=N–C) groups is 1. The summed E-state index contributed by atoms with van der Waals surface area (Å²) in [5.41, 5.74) is 0.154. The van der Waals surface area contributed by atoms with E-state index in [9.17, 15) is 0 Å². The molecule has 0 amide bonds. The van der Waals surface area contributed by atoms with Gasteiger partial charge >= 0.3 is 0 Å².